The van der Waals surface area contributed by atoms with E-state index in [1.54, 1.807) is 0 Å². The molecule has 2 aromatic heterocycles. The lowest BCUT2D eigenvalue weighted by atomic mass is 10.0. The lowest BCUT2D eigenvalue weighted by molar-refractivity contribution is 0.864. The molecule has 3 heteroatoms. The summed E-state index contributed by atoms with van der Waals surface area (Å²) < 4.78 is 11.0. The van der Waals surface area contributed by atoms with Gasteiger partial charge in [-0.2, -0.15) is 0 Å². The fourth-order valence-electron chi connectivity index (χ4n) is 3.36. The topological polar surface area (TPSA) is 12.9 Å². The zero-order chi connectivity index (χ0) is 19.4. The van der Waals surface area contributed by atoms with Crippen LogP contribution < -0.4 is 5.19 Å². The normalized spacial score (nSPS) is 13.3. The maximum atomic E-state index is 8.34. The summed E-state index contributed by atoms with van der Waals surface area (Å²) in [5.41, 5.74) is 3.11. The van der Waals surface area contributed by atoms with E-state index < -0.39 is 14.0 Å². The molecule has 2 heterocycles. The monoisotopic (exact) mass is 376 g/mol. The van der Waals surface area contributed by atoms with Crippen LogP contribution in [0.2, 0.25) is 19.6 Å². The third kappa shape index (κ3) is 2.99. The average Bonchev–Trinajstić information content (AvgIpc) is 2.98. The summed E-state index contributed by atoms with van der Waals surface area (Å²) in [5.74, 6) is -0.627. The van der Waals surface area contributed by atoms with Gasteiger partial charge in [-0.15, -0.1) is 11.3 Å². The van der Waals surface area contributed by atoms with Crippen LogP contribution in [0.5, 0.6) is 0 Å². The van der Waals surface area contributed by atoms with E-state index in [1.165, 1.54) is 25.4 Å². The highest BCUT2D eigenvalue weighted by Gasteiger charge is 2.18. The predicted octanol–water partition coefficient (Wildman–Crippen LogP) is 6.79. The number of rotatable bonds is 3. The number of aromatic nitrogens is 1. The Bertz CT molecular complexity index is 1150. The standard InChI is InChI=1S/C23H25NSSi/c1-15(2)16-11-12-24-21(13-16)19-8-6-7-18-20-14-17(26(3,4)5)9-10-22(20)25-23(18)19/h6-15H,1-5H3/i15D. The number of benzene rings is 2. The second-order valence-corrected chi connectivity index (χ2v) is 14.3. The van der Waals surface area contributed by atoms with Crippen LogP contribution in [-0.4, -0.2) is 13.1 Å². The van der Waals surface area contributed by atoms with E-state index in [1.807, 2.05) is 37.4 Å². The highest BCUT2D eigenvalue weighted by molar-refractivity contribution is 7.26. The Labute approximate surface area is 162 Å². The fourth-order valence-corrected chi connectivity index (χ4v) is 5.72. The maximum absolute atomic E-state index is 8.34. The van der Waals surface area contributed by atoms with Gasteiger partial charge in [0.25, 0.3) is 0 Å². The van der Waals surface area contributed by atoms with Crippen molar-refractivity contribution in [1.82, 2.24) is 4.98 Å². The Morgan fingerprint density at radius 2 is 1.81 bits per heavy atom. The van der Waals surface area contributed by atoms with Crippen molar-refractivity contribution in [2.24, 2.45) is 0 Å². The molecule has 0 N–H and O–H groups in total. The number of pyridine rings is 1. The molecular weight excluding hydrogens is 350 g/mol. The van der Waals surface area contributed by atoms with E-state index in [9.17, 15) is 0 Å². The summed E-state index contributed by atoms with van der Waals surface area (Å²) in [4.78, 5) is 4.63. The molecule has 0 aliphatic carbocycles. The van der Waals surface area contributed by atoms with E-state index in [0.29, 0.717) is 0 Å². The molecular formula is C23H25NSSi. The van der Waals surface area contributed by atoms with Crippen LogP contribution in [0, 0.1) is 0 Å². The molecule has 0 aliphatic rings. The van der Waals surface area contributed by atoms with Gasteiger partial charge < -0.3 is 0 Å². The first-order valence-electron chi connectivity index (χ1n) is 9.57. The molecule has 0 atom stereocenters. The van der Waals surface area contributed by atoms with Gasteiger partial charge in [-0.1, -0.05) is 69.0 Å². The molecule has 132 valence electrons. The van der Waals surface area contributed by atoms with Gasteiger partial charge in [-0.3, -0.25) is 4.98 Å². The minimum absolute atomic E-state index is 0.627. The molecule has 0 spiro atoms. The molecule has 0 radical (unpaired) electrons. The second kappa shape index (κ2) is 6.33. The minimum atomic E-state index is -1.35. The van der Waals surface area contributed by atoms with Crippen LogP contribution in [0.4, 0.5) is 0 Å². The highest BCUT2D eigenvalue weighted by Crippen LogP contribution is 2.39. The van der Waals surface area contributed by atoms with Crippen molar-refractivity contribution in [3.05, 3.63) is 60.3 Å². The molecule has 0 bridgehead atoms. The zero-order valence-corrected chi connectivity index (χ0v) is 17.9. The first-order chi connectivity index (χ1) is 12.6. The number of hydrogen-bond donors (Lipinski definition) is 0. The van der Waals surface area contributed by atoms with Crippen molar-refractivity contribution in [2.45, 2.75) is 39.4 Å². The number of nitrogens with zero attached hydrogens (tertiary/aromatic N) is 1. The van der Waals surface area contributed by atoms with Gasteiger partial charge in [-0.25, -0.2) is 0 Å². The van der Waals surface area contributed by atoms with Crippen LogP contribution in [0.15, 0.2) is 54.7 Å². The number of fused-ring (bicyclic) bond motifs is 3. The van der Waals surface area contributed by atoms with Crippen molar-refractivity contribution < 1.29 is 1.37 Å². The van der Waals surface area contributed by atoms with Crippen LogP contribution in [0.3, 0.4) is 0 Å². The lowest BCUT2D eigenvalue weighted by Crippen LogP contribution is -2.37. The molecule has 4 rings (SSSR count). The summed E-state index contributed by atoms with van der Waals surface area (Å²) in [6.07, 6.45) is 1.83. The van der Waals surface area contributed by atoms with Crippen molar-refractivity contribution in [1.29, 1.82) is 0 Å². The molecule has 0 amide bonds. The minimum Gasteiger partial charge on any atom is -0.256 e. The molecule has 26 heavy (non-hydrogen) atoms. The van der Waals surface area contributed by atoms with Crippen molar-refractivity contribution >= 4 is 44.8 Å². The van der Waals surface area contributed by atoms with E-state index in [0.717, 1.165) is 16.8 Å². The number of thiophene rings is 1. The predicted molar refractivity (Wildman–Crippen MR) is 120 cm³/mol. The van der Waals surface area contributed by atoms with Gasteiger partial charge in [0.05, 0.1) is 13.8 Å². The molecule has 0 aliphatic heterocycles. The highest BCUT2D eigenvalue weighted by atomic mass is 32.1. The molecule has 4 aromatic rings. The van der Waals surface area contributed by atoms with Crippen LogP contribution in [0.25, 0.3) is 31.4 Å². The molecule has 0 saturated heterocycles. The van der Waals surface area contributed by atoms with E-state index in [2.05, 4.69) is 67.1 Å². The van der Waals surface area contributed by atoms with Crippen molar-refractivity contribution in [3.8, 4) is 11.3 Å². The van der Waals surface area contributed by atoms with Gasteiger partial charge in [0.2, 0.25) is 0 Å². The molecule has 0 saturated carbocycles. The van der Waals surface area contributed by atoms with Crippen LogP contribution >= 0.6 is 11.3 Å². The lowest BCUT2D eigenvalue weighted by Gasteiger charge is -2.16. The van der Waals surface area contributed by atoms with Gasteiger partial charge in [-0.05, 0) is 29.7 Å². The molecule has 0 fully saturated rings. The first-order valence-corrected chi connectivity index (χ1v) is 13.4. The Morgan fingerprint density at radius 1 is 1.00 bits per heavy atom. The Kier molecular flexibility index (Phi) is 3.95. The van der Waals surface area contributed by atoms with Crippen LogP contribution in [-0.2, 0) is 0 Å². The largest absolute Gasteiger partial charge is 0.256 e. The van der Waals surface area contributed by atoms with Gasteiger partial charge in [0.15, 0.2) is 0 Å². The summed E-state index contributed by atoms with van der Waals surface area (Å²) in [5, 5.41) is 4.16. The van der Waals surface area contributed by atoms with Gasteiger partial charge >= 0.3 is 0 Å². The summed E-state index contributed by atoms with van der Waals surface area (Å²) in [6, 6.07) is 17.5. The van der Waals surface area contributed by atoms with Gasteiger partial charge in [0.1, 0.15) is 0 Å². The summed E-state index contributed by atoms with van der Waals surface area (Å²) >= 11 is 1.84. The number of hydrogen-bond acceptors (Lipinski definition) is 2. The Morgan fingerprint density at radius 3 is 2.54 bits per heavy atom. The fraction of sp³-hybridized carbons (Fsp3) is 0.261. The average molecular weight is 377 g/mol. The van der Waals surface area contributed by atoms with Crippen molar-refractivity contribution in [2.75, 3.05) is 0 Å². The maximum Gasteiger partial charge on any atom is 0.0776 e. The SMILES string of the molecule is [2H]C(C)(C)c1ccnc(-c2cccc3c2sc2ccc([Si](C)(C)C)cc23)c1. The molecule has 2 aromatic carbocycles. The molecule has 1 nitrogen and oxygen atoms in total. The Balaban J connectivity index is 1.96. The second-order valence-electron chi connectivity index (χ2n) is 8.18. The van der Waals surface area contributed by atoms with E-state index >= 15 is 0 Å². The third-order valence-corrected chi connectivity index (χ3v) is 8.24. The van der Waals surface area contributed by atoms with E-state index in [4.69, 9.17) is 1.37 Å². The van der Waals surface area contributed by atoms with Gasteiger partial charge in [0, 0.05) is 33.3 Å². The zero-order valence-electron chi connectivity index (χ0n) is 17.1. The summed E-state index contributed by atoms with van der Waals surface area (Å²) in [6.45, 7) is 11.0. The first kappa shape index (κ1) is 16.2. The Hall–Kier alpha value is -1.97. The molecule has 0 unspecified atom stereocenters. The quantitative estimate of drug-likeness (QED) is 0.359. The van der Waals surface area contributed by atoms with E-state index in [-0.39, 0.29) is 0 Å². The van der Waals surface area contributed by atoms with Crippen molar-refractivity contribution in [3.63, 3.8) is 0 Å². The summed E-state index contributed by atoms with van der Waals surface area (Å²) in [7, 11) is -1.35. The van der Waals surface area contributed by atoms with Crippen LogP contribution in [0.1, 0.15) is 26.7 Å². The third-order valence-electron chi connectivity index (χ3n) is 4.98. The smallest absolute Gasteiger partial charge is 0.0776 e.